The van der Waals surface area contributed by atoms with Crippen molar-refractivity contribution in [1.29, 1.82) is 0 Å². The molecule has 134 valence electrons. The van der Waals surface area contributed by atoms with E-state index in [1.807, 2.05) is 36.4 Å². The van der Waals surface area contributed by atoms with E-state index in [9.17, 15) is 4.79 Å². The lowest BCUT2D eigenvalue weighted by atomic mass is 10.1. The highest BCUT2D eigenvalue weighted by atomic mass is 16.5. The van der Waals surface area contributed by atoms with Crippen molar-refractivity contribution in [3.63, 3.8) is 0 Å². The summed E-state index contributed by atoms with van der Waals surface area (Å²) >= 11 is 0. The van der Waals surface area contributed by atoms with E-state index < -0.39 is 0 Å². The highest BCUT2D eigenvalue weighted by Gasteiger charge is 2.16. The zero-order valence-electron chi connectivity index (χ0n) is 14.6. The highest BCUT2D eigenvalue weighted by molar-refractivity contribution is 5.94. The van der Waals surface area contributed by atoms with Gasteiger partial charge in [0.2, 0.25) is 0 Å². The Hall–Kier alpha value is -3.05. The second-order valence-corrected chi connectivity index (χ2v) is 5.79. The summed E-state index contributed by atoms with van der Waals surface area (Å²) in [5.74, 6) is 1.38. The summed E-state index contributed by atoms with van der Waals surface area (Å²) in [6.45, 7) is 1.45. The zero-order chi connectivity index (χ0) is 18.2. The molecule has 5 heteroatoms. The van der Waals surface area contributed by atoms with Gasteiger partial charge in [0.15, 0.2) is 0 Å². The predicted octanol–water partition coefficient (Wildman–Crippen LogP) is 4.36. The number of furan rings is 1. The first kappa shape index (κ1) is 17.8. The second-order valence-electron chi connectivity index (χ2n) is 5.79. The number of rotatable bonds is 8. The predicted molar refractivity (Wildman–Crippen MR) is 98.3 cm³/mol. The van der Waals surface area contributed by atoms with E-state index in [4.69, 9.17) is 13.9 Å². The van der Waals surface area contributed by atoms with Crippen LogP contribution in [0.25, 0.3) is 0 Å². The summed E-state index contributed by atoms with van der Waals surface area (Å²) in [5.41, 5.74) is 1.54. The van der Waals surface area contributed by atoms with Gasteiger partial charge in [-0.3, -0.25) is 4.79 Å². The number of hydrogen-bond acceptors (Lipinski definition) is 4. The smallest absolute Gasteiger partial charge is 0.254 e. The summed E-state index contributed by atoms with van der Waals surface area (Å²) < 4.78 is 16.0. The fourth-order valence-corrected chi connectivity index (χ4v) is 2.53. The molecule has 3 rings (SSSR count). The maximum absolute atomic E-state index is 12.8. The van der Waals surface area contributed by atoms with Gasteiger partial charge < -0.3 is 18.8 Å². The first-order valence-corrected chi connectivity index (χ1v) is 8.38. The molecule has 1 heterocycles. The summed E-state index contributed by atoms with van der Waals surface area (Å²) in [7, 11) is 1.62. The number of ether oxygens (including phenoxy) is 2. The number of para-hydroxylation sites is 1. The van der Waals surface area contributed by atoms with E-state index in [-0.39, 0.29) is 5.91 Å². The van der Waals surface area contributed by atoms with Crippen molar-refractivity contribution >= 4 is 5.91 Å². The molecule has 2 aromatic carbocycles. The van der Waals surface area contributed by atoms with Gasteiger partial charge in [-0.2, -0.15) is 0 Å². The van der Waals surface area contributed by atoms with Gasteiger partial charge in [0.1, 0.15) is 11.5 Å². The van der Waals surface area contributed by atoms with Gasteiger partial charge in [-0.15, -0.1) is 0 Å². The van der Waals surface area contributed by atoms with Crippen LogP contribution in [0.3, 0.4) is 0 Å². The molecule has 1 amide bonds. The number of carbonyl (C=O) groups excluding carboxylic acids is 1. The number of nitrogens with zero attached hydrogens (tertiary/aromatic N) is 1. The number of amides is 1. The maximum Gasteiger partial charge on any atom is 0.254 e. The first-order valence-electron chi connectivity index (χ1n) is 8.38. The lowest BCUT2D eigenvalue weighted by molar-refractivity contribution is 0.0680. The fraction of sp³-hybridized carbons (Fsp3) is 0.190. The van der Waals surface area contributed by atoms with Crippen molar-refractivity contribution in [2.24, 2.45) is 0 Å². The van der Waals surface area contributed by atoms with Gasteiger partial charge in [0, 0.05) is 31.3 Å². The molecule has 0 fully saturated rings. The first-order chi connectivity index (χ1) is 12.8. The molecule has 26 heavy (non-hydrogen) atoms. The highest BCUT2D eigenvalue weighted by Crippen LogP contribution is 2.22. The van der Waals surface area contributed by atoms with E-state index in [0.29, 0.717) is 31.0 Å². The van der Waals surface area contributed by atoms with Crippen LogP contribution in [-0.4, -0.2) is 31.1 Å². The van der Waals surface area contributed by atoms with Gasteiger partial charge in [-0.05, 0) is 42.5 Å². The summed E-state index contributed by atoms with van der Waals surface area (Å²) in [6.07, 6.45) is 3.24. The van der Waals surface area contributed by atoms with Gasteiger partial charge in [0.05, 0.1) is 19.1 Å². The van der Waals surface area contributed by atoms with Crippen LogP contribution in [0, 0.1) is 0 Å². The number of methoxy groups -OCH3 is 1. The van der Waals surface area contributed by atoms with Crippen molar-refractivity contribution in [2.75, 3.05) is 20.3 Å². The molecule has 5 nitrogen and oxygen atoms in total. The van der Waals surface area contributed by atoms with Crippen LogP contribution < -0.4 is 4.74 Å². The molecular weight excluding hydrogens is 330 g/mol. The Balaban J connectivity index is 1.69. The van der Waals surface area contributed by atoms with Gasteiger partial charge >= 0.3 is 0 Å². The number of carbonyl (C=O) groups is 1. The SMILES string of the molecule is COCCN(Cc1ccoc1)C(=O)c1ccc(Oc2ccccc2)cc1. The Morgan fingerprint density at radius 1 is 1.00 bits per heavy atom. The third-order valence-electron chi connectivity index (χ3n) is 3.89. The summed E-state index contributed by atoms with van der Waals surface area (Å²) in [5, 5.41) is 0. The van der Waals surface area contributed by atoms with Crippen LogP contribution in [0.5, 0.6) is 11.5 Å². The maximum atomic E-state index is 12.8. The summed E-state index contributed by atoms with van der Waals surface area (Å²) in [6, 6.07) is 18.5. The van der Waals surface area contributed by atoms with E-state index in [0.717, 1.165) is 11.3 Å². The summed E-state index contributed by atoms with van der Waals surface area (Å²) in [4.78, 5) is 14.6. The minimum absolute atomic E-state index is 0.0606. The monoisotopic (exact) mass is 351 g/mol. The molecule has 0 bridgehead atoms. The van der Waals surface area contributed by atoms with Gasteiger partial charge in [0.25, 0.3) is 5.91 Å². The molecule has 0 saturated carbocycles. The Morgan fingerprint density at radius 2 is 1.73 bits per heavy atom. The minimum Gasteiger partial charge on any atom is -0.472 e. The van der Waals surface area contributed by atoms with Crippen molar-refractivity contribution in [2.45, 2.75) is 6.54 Å². The molecule has 0 saturated heterocycles. The molecule has 0 radical (unpaired) electrons. The fourth-order valence-electron chi connectivity index (χ4n) is 2.53. The molecule has 0 spiro atoms. The molecule has 0 unspecified atom stereocenters. The Morgan fingerprint density at radius 3 is 2.38 bits per heavy atom. The average molecular weight is 351 g/mol. The molecule has 0 aliphatic carbocycles. The Labute approximate surface area is 152 Å². The van der Waals surface area contributed by atoms with Crippen molar-refractivity contribution in [3.8, 4) is 11.5 Å². The molecular formula is C21H21NO4. The minimum atomic E-state index is -0.0606. The molecule has 0 N–H and O–H groups in total. The normalized spacial score (nSPS) is 10.5. The van der Waals surface area contributed by atoms with Crippen molar-refractivity contribution in [1.82, 2.24) is 4.90 Å². The van der Waals surface area contributed by atoms with Crippen LogP contribution in [-0.2, 0) is 11.3 Å². The Kier molecular flexibility index (Phi) is 6.06. The molecule has 0 atom stereocenters. The van der Waals surface area contributed by atoms with Gasteiger partial charge in [-0.1, -0.05) is 18.2 Å². The van der Waals surface area contributed by atoms with Crippen LogP contribution >= 0.6 is 0 Å². The molecule has 1 aromatic heterocycles. The largest absolute Gasteiger partial charge is 0.472 e. The van der Waals surface area contributed by atoms with E-state index in [2.05, 4.69) is 0 Å². The van der Waals surface area contributed by atoms with E-state index in [1.54, 1.807) is 48.8 Å². The van der Waals surface area contributed by atoms with Crippen LogP contribution in [0.2, 0.25) is 0 Å². The van der Waals surface area contributed by atoms with Crippen LogP contribution in [0.1, 0.15) is 15.9 Å². The van der Waals surface area contributed by atoms with Crippen LogP contribution in [0.4, 0.5) is 0 Å². The van der Waals surface area contributed by atoms with Crippen molar-refractivity contribution in [3.05, 3.63) is 84.3 Å². The molecule has 0 aliphatic heterocycles. The topological polar surface area (TPSA) is 51.9 Å². The van der Waals surface area contributed by atoms with E-state index >= 15 is 0 Å². The van der Waals surface area contributed by atoms with Crippen LogP contribution in [0.15, 0.2) is 77.6 Å². The van der Waals surface area contributed by atoms with E-state index in [1.165, 1.54) is 0 Å². The zero-order valence-corrected chi connectivity index (χ0v) is 14.6. The molecule has 3 aromatic rings. The third-order valence-corrected chi connectivity index (χ3v) is 3.89. The van der Waals surface area contributed by atoms with Crippen molar-refractivity contribution < 1.29 is 18.7 Å². The lowest BCUT2D eigenvalue weighted by Gasteiger charge is -2.22. The number of benzene rings is 2. The average Bonchev–Trinajstić information content (AvgIpc) is 3.19. The third kappa shape index (κ3) is 4.74. The lowest BCUT2D eigenvalue weighted by Crippen LogP contribution is -2.33. The standard InChI is InChI=1S/C21H21NO4/c1-24-14-12-22(15-17-11-13-25-16-17)21(23)18-7-9-20(10-8-18)26-19-5-3-2-4-6-19/h2-11,13,16H,12,14-15H2,1H3. The van der Waals surface area contributed by atoms with Gasteiger partial charge in [-0.25, -0.2) is 0 Å². The number of hydrogen-bond donors (Lipinski definition) is 0. The quantitative estimate of drug-likeness (QED) is 0.605. The molecule has 0 aliphatic rings. The Bertz CT molecular complexity index is 798. The second kappa shape index (κ2) is 8.87.